The number of aromatic nitrogens is 1. The van der Waals surface area contributed by atoms with Gasteiger partial charge in [-0.2, -0.15) is 5.10 Å². The molecule has 0 spiro atoms. The highest BCUT2D eigenvalue weighted by Crippen LogP contribution is 2.22. The highest BCUT2D eigenvalue weighted by atomic mass is 35.5. The predicted octanol–water partition coefficient (Wildman–Crippen LogP) is 2.52. The Hall–Kier alpha value is -2.27. The number of rotatable bonds is 3. The van der Waals surface area contributed by atoms with Crippen molar-refractivity contribution in [3.05, 3.63) is 53.3 Å². The zero-order valence-electron chi connectivity index (χ0n) is 10.3. The lowest BCUT2D eigenvalue weighted by Crippen LogP contribution is -2.25. The van der Waals surface area contributed by atoms with Crippen molar-refractivity contribution in [1.82, 2.24) is 9.99 Å². The first-order valence-corrected chi connectivity index (χ1v) is 5.98. The Bertz CT molecular complexity index is 620. The Morgan fingerprint density at radius 2 is 2.05 bits per heavy atom. The minimum Gasteiger partial charge on any atom is -0.350 e. The number of hydrogen-bond acceptors (Lipinski definition) is 2. The maximum atomic E-state index is 10.6. The summed E-state index contributed by atoms with van der Waals surface area (Å²) < 4.78 is 1.90. The number of nitrogens with two attached hydrogens (primary N) is 1. The van der Waals surface area contributed by atoms with E-state index in [0.717, 1.165) is 11.3 Å². The quantitative estimate of drug-likeness (QED) is 0.656. The summed E-state index contributed by atoms with van der Waals surface area (Å²) >= 11 is 6.17. The lowest BCUT2D eigenvalue weighted by Gasteiger charge is -2.08. The topological polar surface area (TPSA) is 72.4 Å². The second-order valence-corrected chi connectivity index (χ2v) is 4.34. The number of carbonyl (C=O) groups excluding carboxylic acids is 1. The van der Waals surface area contributed by atoms with Crippen molar-refractivity contribution in [1.29, 1.82) is 0 Å². The summed E-state index contributed by atoms with van der Waals surface area (Å²) in [5, 5.41) is 4.52. The molecule has 5 nitrogen and oxygen atoms in total. The molecule has 1 aromatic carbocycles. The zero-order valence-corrected chi connectivity index (χ0v) is 11.1. The van der Waals surface area contributed by atoms with Crippen LogP contribution in [0.4, 0.5) is 4.79 Å². The van der Waals surface area contributed by atoms with Gasteiger partial charge < -0.3 is 10.3 Å². The number of hydrazone groups is 1. The van der Waals surface area contributed by atoms with Crippen molar-refractivity contribution in [2.24, 2.45) is 10.8 Å². The molecular weight excluding hydrogens is 264 g/mol. The summed E-state index contributed by atoms with van der Waals surface area (Å²) in [5.74, 6) is 0. The summed E-state index contributed by atoms with van der Waals surface area (Å²) in [6, 6.07) is 8.65. The minimum atomic E-state index is -0.695. The van der Waals surface area contributed by atoms with E-state index in [0.29, 0.717) is 10.7 Å². The van der Waals surface area contributed by atoms with Gasteiger partial charge in [0.05, 0.1) is 16.4 Å². The molecule has 0 unspecified atom stereocenters. The molecule has 6 heteroatoms. The number of primary amides is 1. The average molecular weight is 277 g/mol. The van der Waals surface area contributed by atoms with E-state index >= 15 is 0 Å². The van der Waals surface area contributed by atoms with Crippen LogP contribution in [-0.4, -0.2) is 16.3 Å². The van der Waals surface area contributed by atoms with Crippen molar-refractivity contribution < 1.29 is 4.79 Å². The molecule has 1 aromatic heterocycles. The van der Waals surface area contributed by atoms with Crippen LogP contribution in [0.15, 0.2) is 47.8 Å². The van der Waals surface area contributed by atoms with E-state index in [1.807, 2.05) is 41.2 Å². The first kappa shape index (κ1) is 13.2. The summed E-state index contributed by atoms with van der Waals surface area (Å²) in [5.41, 5.74) is 9.50. The third-order valence-corrected chi connectivity index (χ3v) is 2.90. The summed E-state index contributed by atoms with van der Waals surface area (Å²) in [7, 11) is 0. The van der Waals surface area contributed by atoms with E-state index in [1.54, 1.807) is 13.0 Å². The molecule has 0 aliphatic carbocycles. The number of hydrogen-bond donors (Lipinski definition) is 2. The lowest BCUT2D eigenvalue weighted by molar-refractivity contribution is 0.249. The second kappa shape index (κ2) is 5.58. The maximum Gasteiger partial charge on any atom is 0.332 e. The molecule has 1 heterocycles. The Labute approximate surface area is 115 Å². The number of benzene rings is 1. The molecular formula is C13H13ClN4O. The Morgan fingerprint density at radius 1 is 1.37 bits per heavy atom. The van der Waals surface area contributed by atoms with E-state index < -0.39 is 6.03 Å². The van der Waals surface area contributed by atoms with E-state index in [-0.39, 0.29) is 0 Å². The first-order valence-electron chi connectivity index (χ1n) is 5.61. The normalized spacial score (nSPS) is 11.4. The molecule has 0 bridgehead atoms. The molecule has 0 aliphatic rings. The fourth-order valence-electron chi connectivity index (χ4n) is 1.63. The first-order chi connectivity index (χ1) is 9.08. The number of nitrogens with one attached hydrogen (secondary N) is 1. The molecule has 0 saturated heterocycles. The van der Waals surface area contributed by atoms with Crippen LogP contribution in [0.3, 0.4) is 0 Å². The Balaban J connectivity index is 2.36. The molecule has 0 radical (unpaired) electrons. The zero-order chi connectivity index (χ0) is 13.8. The van der Waals surface area contributed by atoms with Crippen LogP contribution in [0.5, 0.6) is 0 Å². The second-order valence-electron chi connectivity index (χ2n) is 3.93. The summed E-state index contributed by atoms with van der Waals surface area (Å²) in [6.45, 7) is 1.78. The van der Waals surface area contributed by atoms with Crippen molar-refractivity contribution >= 4 is 23.3 Å². The predicted molar refractivity (Wildman–Crippen MR) is 75.7 cm³/mol. The van der Waals surface area contributed by atoms with Gasteiger partial charge in [-0.15, -0.1) is 0 Å². The minimum absolute atomic E-state index is 0.635. The monoisotopic (exact) mass is 276 g/mol. The molecule has 0 atom stereocenters. The van der Waals surface area contributed by atoms with E-state index in [9.17, 15) is 4.79 Å². The van der Waals surface area contributed by atoms with Crippen molar-refractivity contribution in [2.45, 2.75) is 6.92 Å². The van der Waals surface area contributed by atoms with Crippen LogP contribution in [0.2, 0.25) is 5.02 Å². The molecule has 0 saturated carbocycles. The highest BCUT2D eigenvalue weighted by Gasteiger charge is 2.06. The molecule has 2 aromatic rings. The van der Waals surface area contributed by atoms with Crippen LogP contribution in [0, 0.1) is 0 Å². The van der Waals surface area contributed by atoms with Crippen molar-refractivity contribution in [3.8, 4) is 5.69 Å². The molecule has 2 amide bonds. The molecule has 0 fully saturated rings. The van der Waals surface area contributed by atoms with E-state index in [2.05, 4.69) is 10.5 Å². The number of halogens is 1. The number of urea groups is 1. The fourth-order valence-corrected chi connectivity index (χ4v) is 1.85. The Kier molecular flexibility index (Phi) is 3.87. The van der Waals surface area contributed by atoms with Crippen LogP contribution < -0.4 is 11.2 Å². The average Bonchev–Trinajstić information content (AvgIpc) is 2.90. The number of nitrogens with zero attached hydrogens (tertiary/aromatic N) is 2. The third-order valence-electron chi connectivity index (χ3n) is 2.58. The van der Waals surface area contributed by atoms with Gasteiger partial charge in [0.15, 0.2) is 0 Å². The van der Waals surface area contributed by atoms with Crippen LogP contribution in [0.1, 0.15) is 12.5 Å². The molecule has 0 aliphatic heterocycles. The lowest BCUT2D eigenvalue weighted by atomic mass is 10.1. The van der Waals surface area contributed by atoms with Gasteiger partial charge in [0.25, 0.3) is 0 Å². The van der Waals surface area contributed by atoms with Crippen molar-refractivity contribution in [3.63, 3.8) is 0 Å². The molecule has 19 heavy (non-hydrogen) atoms. The summed E-state index contributed by atoms with van der Waals surface area (Å²) in [4.78, 5) is 10.6. The van der Waals surface area contributed by atoms with Gasteiger partial charge in [-0.25, -0.2) is 10.2 Å². The van der Waals surface area contributed by atoms with E-state index in [1.165, 1.54) is 0 Å². The molecule has 98 valence electrons. The number of carbonyl (C=O) groups is 1. The SMILES string of the molecule is CC(=NNC(N)=O)c1ccc(Cl)c(-n2cccc2)c1. The van der Waals surface area contributed by atoms with Gasteiger partial charge >= 0.3 is 6.03 Å². The van der Waals surface area contributed by atoms with Gasteiger partial charge in [-0.3, -0.25) is 0 Å². The van der Waals surface area contributed by atoms with Gasteiger partial charge in [0.1, 0.15) is 0 Å². The van der Waals surface area contributed by atoms with Gasteiger partial charge in [0, 0.05) is 12.4 Å². The third kappa shape index (κ3) is 3.14. The standard InChI is InChI=1S/C13H13ClN4O/c1-9(16-17-13(15)19)10-4-5-11(14)12(8-10)18-6-2-3-7-18/h2-8H,1H3,(H3,15,17,19). The Morgan fingerprint density at radius 3 is 2.68 bits per heavy atom. The maximum absolute atomic E-state index is 10.6. The van der Waals surface area contributed by atoms with Gasteiger partial charge in [-0.05, 0) is 36.8 Å². The molecule has 3 N–H and O–H groups in total. The largest absolute Gasteiger partial charge is 0.350 e. The number of amides is 2. The van der Waals surface area contributed by atoms with Crippen LogP contribution >= 0.6 is 11.6 Å². The van der Waals surface area contributed by atoms with Crippen LogP contribution in [0.25, 0.3) is 5.69 Å². The fraction of sp³-hybridized carbons (Fsp3) is 0.0769. The van der Waals surface area contributed by atoms with Crippen LogP contribution in [-0.2, 0) is 0 Å². The van der Waals surface area contributed by atoms with Gasteiger partial charge in [0.2, 0.25) is 0 Å². The molecule has 2 rings (SSSR count). The highest BCUT2D eigenvalue weighted by molar-refractivity contribution is 6.32. The summed E-state index contributed by atoms with van der Waals surface area (Å²) in [6.07, 6.45) is 3.80. The van der Waals surface area contributed by atoms with Crippen molar-refractivity contribution in [2.75, 3.05) is 0 Å². The van der Waals surface area contributed by atoms with E-state index in [4.69, 9.17) is 17.3 Å². The van der Waals surface area contributed by atoms with Gasteiger partial charge in [-0.1, -0.05) is 17.7 Å². The smallest absolute Gasteiger partial charge is 0.332 e.